The van der Waals surface area contributed by atoms with Crippen molar-refractivity contribution >= 4 is 45.6 Å². The van der Waals surface area contributed by atoms with Gasteiger partial charge >= 0.3 is 17.8 Å². The van der Waals surface area contributed by atoms with Gasteiger partial charge in [-0.15, -0.1) is 0 Å². The third-order valence-corrected chi connectivity index (χ3v) is 4.88. The molecule has 0 aromatic heterocycles. The minimum atomic E-state index is -0.946. The van der Waals surface area contributed by atoms with Crippen molar-refractivity contribution in [2.24, 2.45) is 5.10 Å². The van der Waals surface area contributed by atoms with Crippen LogP contribution in [0.2, 0.25) is 0 Å². The largest absolute Gasteiger partial charge is 0.497 e. The summed E-state index contributed by atoms with van der Waals surface area (Å²) in [6.45, 7) is 0. The van der Waals surface area contributed by atoms with Crippen LogP contribution in [0.15, 0.2) is 76.3 Å². The molecule has 0 spiro atoms. The number of carbonyl (C=O) groups excluding carboxylic acids is 3. The highest BCUT2D eigenvalue weighted by Crippen LogP contribution is 2.28. The molecule has 0 saturated heterocycles. The van der Waals surface area contributed by atoms with E-state index in [1.807, 2.05) is 0 Å². The molecule has 10 heteroatoms. The number of nitrogens with zero attached hydrogens (tertiary/aromatic N) is 1. The van der Waals surface area contributed by atoms with E-state index < -0.39 is 17.8 Å². The number of halogens is 1. The van der Waals surface area contributed by atoms with Crippen molar-refractivity contribution in [3.63, 3.8) is 0 Å². The Labute approximate surface area is 203 Å². The molecule has 0 bridgehead atoms. The summed E-state index contributed by atoms with van der Waals surface area (Å²) in [5.74, 6) is -1.25. The second kappa shape index (κ2) is 11.6. The van der Waals surface area contributed by atoms with Crippen LogP contribution >= 0.6 is 15.9 Å². The standard InChI is InChI=1S/C24H20BrN3O6/c1-32-19-9-7-18(8-10-19)27-22(29)23(30)28-26-14-15-6-11-20(21(12-15)33-2)34-24(31)16-4-3-5-17(25)13-16/h3-14H,1-2H3,(H,27,29)(H,28,30). The summed E-state index contributed by atoms with van der Waals surface area (Å²) in [7, 11) is 2.95. The molecule has 174 valence electrons. The monoisotopic (exact) mass is 525 g/mol. The second-order valence-electron chi connectivity index (χ2n) is 6.69. The number of esters is 1. The Bertz CT molecular complexity index is 1230. The Kier molecular flexibility index (Phi) is 8.36. The quantitative estimate of drug-likeness (QED) is 0.159. The zero-order chi connectivity index (χ0) is 24.5. The summed E-state index contributed by atoms with van der Waals surface area (Å²) in [4.78, 5) is 36.3. The highest BCUT2D eigenvalue weighted by atomic mass is 79.9. The predicted molar refractivity (Wildman–Crippen MR) is 129 cm³/mol. The Balaban J connectivity index is 1.59. The average Bonchev–Trinajstić information content (AvgIpc) is 2.85. The fourth-order valence-electron chi connectivity index (χ4n) is 2.70. The number of methoxy groups -OCH3 is 2. The molecule has 0 aliphatic rings. The molecule has 9 nitrogen and oxygen atoms in total. The first-order chi connectivity index (χ1) is 16.4. The molecule has 0 fully saturated rings. The van der Waals surface area contributed by atoms with Crippen molar-refractivity contribution in [2.75, 3.05) is 19.5 Å². The molecule has 0 heterocycles. The number of hydrogen-bond donors (Lipinski definition) is 2. The summed E-state index contributed by atoms with van der Waals surface area (Å²) < 4.78 is 16.5. The Morgan fingerprint density at radius 3 is 2.32 bits per heavy atom. The molecule has 3 aromatic rings. The van der Waals surface area contributed by atoms with Crippen LogP contribution in [0.4, 0.5) is 5.69 Å². The zero-order valence-corrected chi connectivity index (χ0v) is 19.8. The predicted octanol–water partition coefficient (Wildman–Crippen LogP) is 3.77. The SMILES string of the molecule is COc1ccc(NC(=O)C(=O)NN=Cc2ccc(OC(=O)c3cccc(Br)c3)c(OC)c2)cc1. The van der Waals surface area contributed by atoms with Crippen LogP contribution in [0.1, 0.15) is 15.9 Å². The number of rotatable bonds is 7. The smallest absolute Gasteiger partial charge is 0.343 e. The van der Waals surface area contributed by atoms with Gasteiger partial charge in [0.2, 0.25) is 0 Å². The van der Waals surface area contributed by atoms with Crippen LogP contribution in [0.25, 0.3) is 0 Å². The minimum Gasteiger partial charge on any atom is -0.497 e. The molecule has 3 rings (SSSR count). The first-order valence-corrected chi connectivity index (χ1v) is 10.6. The number of amides is 2. The molecule has 0 unspecified atom stereocenters. The van der Waals surface area contributed by atoms with Crippen molar-refractivity contribution in [3.8, 4) is 17.2 Å². The van der Waals surface area contributed by atoms with E-state index in [9.17, 15) is 14.4 Å². The summed E-state index contributed by atoms with van der Waals surface area (Å²) in [6, 6.07) is 18.0. The van der Waals surface area contributed by atoms with Crippen molar-refractivity contribution in [1.82, 2.24) is 5.43 Å². The Morgan fingerprint density at radius 2 is 1.65 bits per heavy atom. The van der Waals surface area contributed by atoms with Gasteiger partial charge in [-0.1, -0.05) is 22.0 Å². The number of hydrogen-bond acceptors (Lipinski definition) is 7. The average molecular weight is 526 g/mol. The van der Waals surface area contributed by atoms with Gasteiger partial charge in [0, 0.05) is 10.2 Å². The molecule has 0 radical (unpaired) electrons. The fourth-order valence-corrected chi connectivity index (χ4v) is 3.10. The van der Waals surface area contributed by atoms with Gasteiger partial charge in [-0.05, 0) is 66.2 Å². The van der Waals surface area contributed by atoms with Crippen LogP contribution < -0.4 is 25.0 Å². The third kappa shape index (κ3) is 6.66. The van der Waals surface area contributed by atoms with Crippen LogP contribution in [0.3, 0.4) is 0 Å². The topological polar surface area (TPSA) is 115 Å². The number of nitrogens with one attached hydrogen (secondary N) is 2. The zero-order valence-electron chi connectivity index (χ0n) is 18.2. The van der Waals surface area contributed by atoms with Crippen molar-refractivity contribution in [1.29, 1.82) is 0 Å². The minimum absolute atomic E-state index is 0.215. The van der Waals surface area contributed by atoms with Crippen molar-refractivity contribution in [2.45, 2.75) is 0 Å². The molecular formula is C24H20BrN3O6. The lowest BCUT2D eigenvalue weighted by Crippen LogP contribution is -2.32. The van der Waals surface area contributed by atoms with Gasteiger partial charge in [0.15, 0.2) is 11.5 Å². The molecule has 0 atom stereocenters. The highest BCUT2D eigenvalue weighted by Gasteiger charge is 2.14. The van der Waals surface area contributed by atoms with E-state index in [1.165, 1.54) is 26.5 Å². The molecule has 2 N–H and O–H groups in total. The first kappa shape index (κ1) is 24.5. The summed E-state index contributed by atoms with van der Waals surface area (Å²) >= 11 is 3.31. The molecule has 2 amide bonds. The van der Waals surface area contributed by atoms with Gasteiger partial charge < -0.3 is 19.5 Å². The fraction of sp³-hybridized carbons (Fsp3) is 0.0833. The lowest BCUT2D eigenvalue weighted by atomic mass is 10.2. The Morgan fingerprint density at radius 1 is 0.882 bits per heavy atom. The molecule has 34 heavy (non-hydrogen) atoms. The molecule has 0 aliphatic carbocycles. The van der Waals surface area contributed by atoms with Gasteiger partial charge in [-0.3, -0.25) is 9.59 Å². The van der Waals surface area contributed by atoms with Gasteiger partial charge in [0.05, 0.1) is 26.0 Å². The molecular weight excluding hydrogens is 506 g/mol. The number of carbonyl (C=O) groups is 3. The maximum absolute atomic E-state index is 12.4. The van der Waals surface area contributed by atoms with Crippen LogP contribution in [-0.4, -0.2) is 38.2 Å². The number of benzene rings is 3. The van der Waals surface area contributed by atoms with E-state index in [2.05, 4.69) is 31.8 Å². The first-order valence-electron chi connectivity index (χ1n) is 9.84. The summed E-state index contributed by atoms with van der Waals surface area (Å²) in [5.41, 5.74) is 3.49. The number of anilines is 1. The second-order valence-corrected chi connectivity index (χ2v) is 7.61. The third-order valence-electron chi connectivity index (χ3n) is 4.38. The number of ether oxygens (including phenoxy) is 3. The molecule has 3 aromatic carbocycles. The lowest BCUT2D eigenvalue weighted by Gasteiger charge is -2.10. The molecule has 0 saturated carbocycles. The van der Waals surface area contributed by atoms with E-state index in [-0.39, 0.29) is 11.5 Å². The maximum Gasteiger partial charge on any atom is 0.343 e. The van der Waals surface area contributed by atoms with Crippen molar-refractivity contribution in [3.05, 3.63) is 82.3 Å². The van der Waals surface area contributed by atoms with E-state index in [1.54, 1.807) is 60.7 Å². The molecule has 0 aliphatic heterocycles. The van der Waals surface area contributed by atoms with E-state index in [4.69, 9.17) is 14.2 Å². The highest BCUT2D eigenvalue weighted by molar-refractivity contribution is 9.10. The Hall–Kier alpha value is -4.18. The van der Waals surface area contributed by atoms with Gasteiger partial charge in [0.1, 0.15) is 5.75 Å². The summed E-state index contributed by atoms with van der Waals surface area (Å²) in [6.07, 6.45) is 1.32. The van der Waals surface area contributed by atoms with E-state index in [0.717, 1.165) is 4.47 Å². The van der Waals surface area contributed by atoms with Crippen LogP contribution in [0.5, 0.6) is 17.2 Å². The van der Waals surface area contributed by atoms with Gasteiger partial charge in [-0.2, -0.15) is 5.10 Å². The normalized spacial score (nSPS) is 10.4. The van der Waals surface area contributed by atoms with Gasteiger partial charge in [-0.25, -0.2) is 10.2 Å². The number of hydrazone groups is 1. The van der Waals surface area contributed by atoms with Crippen LogP contribution in [0, 0.1) is 0 Å². The van der Waals surface area contributed by atoms with Gasteiger partial charge in [0.25, 0.3) is 0 Å². The maximum atomic E-state index is 12.4. The van der Waals surface area contributed by atoms with Crippen LogP contribution in [-0.2, 0) is 9.59 Å². The van der Waals surface area contributed by atoms with Crippen molar-refractivity contribution < 1.29 is 28.6 Å². The van der Waals surface area contributed by atoms with E-state index >= 15 is 0 Å². The summed E-state index contributed by atoms with van der Waals surface area (Å²) in [5, 5.41) is 6.23. The lowest BCUT2D eigenvalue weighted by molar-refractivity contribution is -0.136. The van der Waals surface area contributed by atoms with E-state index in [0.29, 0.717) is 22.6 Å².